The molecule has 3 aliphatic heterocycles. The number of ether oxygens (including phenoxy) is 2. The summed E-state index contributed by atoms with van der Waals surface area (Å²) in [6.07, 6.45) is 1.38. The van der Waals surface area contributed by atoms with E-state index in [-0.39, 0.29) is 54.7 Å². The second-order valence-corrected chi connectivity index (χ2v) is 20.7. The van der Waals surface area contributed by atoms with Gasteiger partial charge in [0.2, 0.25) is 11.8 Å². The number of hydrogen-bond donors (Lipinski definition) is 3. The maximum atomic E-state index is 15.2. The molecule has 1 spiro atoms. The zero-order chi connectivity index (χ0) is 39.5. The molecule has 4 aromatic rings. The molecule has 7 rings (SSSR count). The van der Waals surface area contributed by atoms with Gasteiger partial charge in [-0.25, -0.2) is 0 Å². The molecule has 2 saturated heterocycles. The van der Waals surface area contributed by atoms with Crippen molar-refractivity contribution in [3.8, 4) is 5.75 Å². The van der Waals surface area contributed by atoms with Crippen molar-refractivity contribution in [2.45, 2.75) is 69.6 Å². The number of amides is 3. The molecule has 0 bridgehead atoms. The predicted octanol–water partition coefficient (Wildman–Crippen LogP) is 5.81. The molecule has 56 heavy (non-hydrogen) atoms. The molecular weight excluding hydrogens is 721 g/mol. The quantitative estimate of drug-likeness (QED) is 0.147. The van der Waals surface area contributed by atoms with E-state index in [1.54, 1.807) is 12.0 Å². The van der Waals surface area contributed by atoms with Crippen LogP contribution in [0, 0.1) is 11.8 Å². The molecule has 4 aromatic carbocycles. The number of methoxy groups -OCH3 is 1. The molecule has 3 heterocycles. The topological polar surface area (TPSA) is 120 Å². The van der Waals surface area contributed by atoms with Crippen LogP contribution in [0.1, 0.15) is 42.9 Å². The van der Waals surface area contributed by atoms with Gasteiger partial charge >= 0.3 is 0 Å². The van der Waals surface area contributed by atoms with Gasteiger partial charge in [0.25, 0.3) is 5.91 Å². The van der Waals surface area contributed by atoms with Crippen molar-refractivity contribution in [1.82, 2.24) is 10.2 Å². The molecule has 2 fully saturated rings. The Kier molecular flexibility index (Phi) is 11.8. The van der Waals surface area contributed by atoms with Crippen LogP contribution < -0.4 is 25.5 Å². The number of nitrogens with zero attached hydrogens (tertiary/aromatic N) is 2. The number of anilines is 2. The highest BCUT2D eigenvalue weighted by molar-refractivity contribution is 6.91. The molecule has 11 heteroatoms. The summed E-state index contributed by atoms with van der Waals surface area (Å²) in [7, 11) is -0.832. The molecule has 0 aliphatic carbocycles. The van der Waals surface area contributed by atoms with Crippen LogP contribution in [0.25, 0.3) is 0 Å². The summed E-state index contributed by atoms with van der Waals surface area (Å²) in [5, 5.41) is 17.6. The molecule has 3 aliphatic rings. The Balaban J connectivity index is 1.20. The monoisotopic (exact) mass is 774 g/mol. The van der Waals surface area contributed by atoms with Crippen molar-refractivity contribution in [3.05, 3.63) is 120 Å². The minimum Gasteiger partial charge on any atom is -0.497 e. The first-order valence-corrected chi connectivity index (χ1v) is 22.9. The van der Waals surface area contributed by atoms with Crippen molar-refractivity contribution < 1.29 is 29.0 Å². The molecule has 294 valence electrons. The van der Waals surface area contributed by atoms with Crippen LogP contribution in [0.15, 0.2) is 103 Å². The number of piperidine rings is 1. The van der Waals surface area contributed by atoms with E-state index < -0.39 is 19.8 Å². The van der Waals surface area contributed by atoms with Gasteiger partial charge in [-0.3, -0.25) is 14.4 Å². The SMILES string of the molecule is COc1ccc([Si](C)(C)[C@H]2[C@H](CC(=O)N(CCO)Cc3ccccc3)O[C@@]3(C(=O)N(Cc4ccc(NC(=O)C5CCCNC5)cc4)c4ccccc43)[C@@H]2C)cc1. The Morgan fingerprint density at radius 2 is 1.70 bits per heavy atom. The summed E-state index contributed by atoms with van der Waals surface area (Å²) < 4.78 is 12.7. The summed E-state index contributed by atoms with van der Waals surface area (Å²) in [4.78, 5) is 45.9. The number of aliphatic hydroxyl groups excluding tert-OH is 1. The molecule has 0 radical (unpaired) electrons. The molecule has 3 amide bonds. The lowest BCUT2D eigenvalue weighted by Crippen LogP contribution is -2.52. The van der Waals surface area contributed by atoms with Crippen LogP contribution in [-0.2, 0) is 37.8 Å². The standard InChI is InChI=1S/C45H54N4O6Si/c1-31-42(56(3,4)37-22-20-36(54-2)21-23-37)40(27-41(51)48(25-26-50)29-32-11-6-5-7-12-32)55-45(31)38-14-8-9-15-39(38)49(44(45)53)30-33-16-18-35(19-17-33)47-43(52)34-13-10-24-46-28-34/h5-9,11-12,14-23,31,34,40,42,46,50H,10,13,24-30H2,1-4H3,(H,47,52)/t31-,34?,40+,42-,45+/m1/s1. The second kappa shape index (κ2) is 16.7. The van der Waals surface area contributed by atoms with Gasteiger partial charge in [-0.2, -0.15) is 0 Å². The molecule has 1 unspecified atom stereocenters. The first-order chi connectivity index (χ1) is 27.1. The largest absolute Gasteiger partial charge is 0.497 e. The van der Waals surface area contributed by atoms with Crippen LogP contribution >= 0.6 is 0 Å². The Bertz CT molecular complexity index is 2000. The Labute approximate surface area is 331 Å². The Morgan fingerprint density at radius 1 is 0.982 bits per heavy atom. The molecule has 0 saturated carbocycles. The van der Waals surface area contributed by atoms with E-state index in [9.17, 15) is 14.7 Å². The summed E-state index contributed by atoms with van der Waals surface area (Å²) in [5.41, 5.74) is 2.82. The van der Waals surface area contributed by atoms with Gasteiger partial charge < -0.3 is 35.0 Å². The smallest absolute Gasteiger partial charge is 0.264 e. The van der Waals surface area contributed by atoms with Crippen LogP contribution in [0.5, 0.6) is 5.75 Å². The fourth-order valence-electron chi connectivity index (χ4n) is 9.34. The second-order valence-electron chi connectivity index (χ2n) is 16.0. The lowest BCUT2D eigenvalue weighted by atomic mass is 9.82. The van der Waals surface area contributed by atoms with Gasteiger partial charge in [0.15, 0.2) is 5.60 Å². The van der Waals surface area contributed by atoms with E-state index >= 15 is 4.79 Å². The molecular formula is C45H54N4O6Si. The first-order valence-electron chi connectivity index (χ1n) is 19.8. The fourth-order valence-corrected chi connectivity index (χ4v) is 13.3. The summed E-state index contributed by atoms with van der Waals surface area (Å²) >= 11 is 0. The van der Waals surface area contributed by atoms with Crippen molar-refractivity contribution in [1.29, 1.82) is 0 Å². The van der Waals surface area contributed by atoms with E-state index in [1.807, 2.05) is 95.9 Å². The summed E-state index contributed by atoms with van der Waals surface area (Å²) in [6.45, 7) is 9.10. The van der Waals surface area contributed by atoms with Gasteiger partial charge in [0.05, 0.1) is 52.5 Å². The van der Waals surface area contributed by atoms with Crippen molar-refractivity contribution in [2.75, 3.05) is 43.6 Å². The van der Waals surface area contributed by atoms with Crippen LogP contribution in [0.2, 0.25) is 18.6 Å². The van der Waals surface area contributed by atoms with Gasteiger partial charge in [-0.05, 0) is 66.4 Å². The number of para-hydroxylation sites is 1. The Hall–Kier alpha value is -4.81. The predicted molar refractivity (Wildman–Crippen MR) is 221 cm³/mol. The van der Waals surface area contributed by atoms with E-state index in [1.165, 1.54) is 5.19 Å². The number of fused-ring (bicyclic) bond motifs is 2. The van der Waals surface area contributed by atoms with Crippen molar-refractivity contribution in [2.24, 2.45) is 11.8 Å². The first kappa shape index (κ1) is 39.4. The number of nitrogens with one attached hydrogen (secondary N) is 2. The lowest BCUT2D eigenvalue weighted by molar-refractivity contribution is -0.150. The van der Waals surface area contributed by atoms with Gasteiger partial charge in [-0.1, -0.05) is 98.0 Å². The van der Waals surface area contributed by atoms with Gasteiger partial charge in [0.1, 0.15) is 5.75 Å². The number of aliphatic hydroxyl groups is 1. The highest BCUT2D eigenvalue weighted by Gasteiger charge is 2.66. The average molecular weight is 775 g/mol. The average Bonchev–Trinajstić information content (AvgIpc) is 3.65. The molecule has 3 N–H and O–H groups in total. The third-order valence-electron chi connectivity index (χ3n) is 12.3. The number of carbonyl (C=O) groups excluding carboxylic acids is 3. The zero-order valence-corrected chi connectivity index (χ0v) is 33.9. The molecule has 10 nitrogen and oxygen atoms in total. The molecule has 0 aromatic heterocycles. The maximum absolute atomic E-state index is 15.2. The summed E-state index contributed by atoms with van der Waals surface area (Å²) in [5.74, 6) is 0.217. The van der Waals surface area contributed by atoms with Crippen LogP contribution in [-0.4, -0.2) is 75.3 Å². The minimum atomic E-state index is -2.49. The van der Waals surface area contributed by atoms with E-state index in [2.05, 4.69) is 42.8 Å². The van der Waals surface area contributed by atoms with Crippen LogP contribution in [0.4, 0.5) is 11.4 Å². The zero-order valence-electron chi connectivity index (χ0n) is 32.9. The van der Waals surface area contributed by atoms with E-state index in [0.29, 0.717) is 19.6 Å². The maximum Gasteiger partial charge on any atom is 0.264 e. The molecule has 5 atom stereocenters. The van der Waals surface area contributed by atoms with E-state index in [4.69, 9.17) is 9.47 Å². The van der Waals surface area contributed by atoms with Gasteiger partial charge in [-0.15, -0.1) is 0 Å². The number of hydrogen-bond acceptors (Lipinski definition) is 7. The summed E-state index contributed by atoms with van der Waals surface area (Å²) in [6, 6.07) is 33.6. The Morgan fingerprint density at radius 3 is 2.38 bits per heavy atom. The number of benzene rings is 4. The van der Waals surface area contributed by atoms with Crippen molar-refractivity contribution in [3.63, 3.8) is 0 Å². The van der Waals surface area contributed by atoms with E-state index in [0.717, 1.165) is 53.2 Å². The normalized spacial score (nSPS) is 23.2. The minimum absolute atomic E-state index is 0.0196. The van der Waals surface area contributed by atoms with Gasteiger partial charge in [0, 0.05) is 36.8 Å². The fraction of sp³-hybridized carbons (Fsp3) is 0.400. The third-order valence-corrected chi connectivity index (χ3v) is 16.6. The number of carbonyl (C=O) groups is 3. The van der Waals surface area contributed by atoms with Crippen molar-refractivity contribution >= 4 is 42.4 Å². The highest BCUT2D eigenvalue weighted by atomic mass is 28.3. The lowest BCUT2D eigenvalue weighted by Gasteiger charge is -2.37. The highest BCUT2D eigenvalue weighted by Crippen LogP contribution is 2.60. The van der Waals surface area contributed by atoms with Crippen LogP contribution in [0.3, 0.4) is 0 Å². The third kappa shape index (κ3) is 7.65. The number of rotatable bonds is 13.